The van der Waals surface area contributed by atoms with Crippen LogP contribution in [0.25, 0.3) is 0 Å². The SMILES string of the molecule is O=C=Nc1ccccc1C(=O)OC1CCCCC1. The molecule has 1 aromatic rings. The first-order valence-electron chi connectivity index (χ1n) is 6.19. The van der Waals surface area contributed by atoms with Gasteiger partial charge in [-0.15, -0.1) is 0 Å². The van der Waals surface area contributed by atoms with E-state index in [1.807, 2.05) is 0 Å². The number of ether oxygens (including phenoxy) is 1. The smallest absolute Gasteiger partial charge is 0.340 e. The standard InChI is InChI=1S/C14H15NO3/c16-10-15-13-9-5-4-8-12(13)14(17)18-11-6-2-1-3-7-11/h4-5,8-9,11H,1-3,6-7H2. The molecule has 0 spiro atoms. The van der Waals surface area contributed by atoms with Gasteiger partial charge in [-0.2, -0.15) is 4.99 Å². The molecule has 0 saturated heterocycles. The van der Waals surface area contributed by atoms with Gasteiger partial charge >= 0.3 is 5.97 Å². The highest BCUT2D eigenvalue weighted by molar-refractivity contribution is 5.95. The van der Waals surface area contributed by atoms with E-state index in [1.165, 1.54) is 12.5 Å². The first-order chi connectivity index (χ1) is 8.81. The van der Waals surface area contributed by atoms with Gasteiger partial charge < -0.3 is 4.74 Å². The van der Waals surface area contributed by atoms with E-state index in [0.717, 1.165) is 25.7 Å². The molecule has 0 unspecified atom stereocenters. The minimum Gasteiger partial charge on any atom is -0.459 e. The highest BCUT2D eigenvalue weighted by Gasteiger charge is 2.20. The zero-order chi connectivity index (χ0) is 12.8. The lowest BCUT2D eigenvalue weighted by atomic mass is 9.98. The van der Waals surface area contributed by atoms with Crippen molar-refractivity contribution in [2.24, 2.45) is 4.99 Å². The summed E-state index contributed by atoms with van der Waals surface area (Å²) in [5.74, 6) is -0.406. The first-order valence-corrected chi connectivity index (χ1v) is 6.19. The van der Waals surface area contributed by atoms with Crippen LogP contribution in [0.1, 0.15) is 42.5 Å². The summed E-state index contributed by atoms with van der Waals surface area (Å²) in [6, 6.07) is 6.65. The fourth-order valence-electron chi connectivity index (χ4n) is 2.19. The van der Waals surface area contributed by atoms with Crippen LogP contribution in [0.3, 0.4) is 0 Å². The van der Waals surface area contributed by atoms with Gasteiger partial charge in [-0.1, -0.05) is 18.6 Å². The Labute approximate surface area is 106 Å². The summed E-state index contributed by atoms with van der Waals surface area (Å²) in [6.07, 6.45) is 6.71. The predicted molar refractivity (Wildman–Crippen MR) is 66.5 cm³/mol. The number of rotatable bonds is 3. The Morgan fingerprint density at radius 3 is 2.67 bits per heavy atom. The molecule has 0 aliphatic heterocycles. The number of esters is 1. The molecule has 0 heterocycles. The van der Waals surface area contributed by atoms with Gasteiger partial charge in [0.2, 0.25) is 6.08 Å². The quantitative estimate of drug-likeness (QED) is 0.467. The summed E-state index contributed by atoms with van der Waals surface area (Å²) in [4.78, 5) is 25.8. The summed E-state index contributed by atoms with van der Waals surface area (Å²) in [6.45, 7) is 0. The largest absolute Gasteiger partial charge is 0.459 e. The Kier molecular flexibility index (Phi) is 4.26. The molecular formula is C14H15NO3. The molecule has 2 rings (SSSR count). The van der Waals surface area contributed by atoms with Crippen molar-refractivity contribution in [3.05, 3.63) is 29.8 Å². The summed E-state index contributed by atoms with van der Waals surface area (Å²) < 4.78 is 5.44. The number of para-hydroxylation sites is 1. The Morgan fingerprint density at radius 1 is 1.22 bits per heavy atom. The number of hydrogen-bond donors (Lipinski definition) is 0. The summed E-state index contributed by atoms with van der Waals surface area (Å²) in [5, 5.41) is 0. The van der Waals surface area contributed by atoms with Crippen molar-refractivity contribution in [2.45, 2.75) is 38.2 Å². The molecular weight excluding hydrogens is 230 g/mol. The van der Waals surface area contributed by atoms with E-state index in [-0.39, 0.29) is 6.10 Å². The van der Waals surface area contributed by atoms with Crippen LogP contribution in [0, 0.1) is 0 Å². The van der Waals surface area contributed by atoms with Gasteiger partial charge in [0.05, 0.1) is 11.3 Å². The minimum absolute atomic E-state index is 0.000447. The van der Waals surface area contributed by atoms with Crippen molar-refractivity contribution in [1.82, 2.24) is 0 Å². The molecule has 94 valence electrons. The fraction of sp³-hybridized carbons (Fsp3) is 0.429. The van der Waals surface area contributed by atoms with E-state index in [4.69, 9.17) is 4.74 Å². The van der Waals surface area contributed by atoms with Crippen LogP contribution < -0.4 is 0 Å². The lowest BCUT2D eigenvalue weighted by Gasteiger charge is -2.21. The number of hydrogen-bond acceptors (Lipinski definition) is 4. The van der Waals surface area contributed by atoms with Gasteiger partial charge in [-0.25, -0.2) is 9.59 Å². The molecule has 0 amide bonds. The van der Waals surface area contributed by atoms with Gasteiger partial charge in [0.1, 0.15) is 6.10 Å². The predicted octanol–water partition coefficient (Wildman–Crippen LogP) is 3.14. The Bertz CT molecular complexity index is 472. The first kappa shape index (κ1) is 12.5. The van der Waals surface area contributed by atoms with Gasteiger partial charge in [-0.3, -0.25) is 0 Å². The fourth-order valence-corrected chi connectivity index (χ4v) is 2.19. The molecule has 1 saturated carbocycles. The van der Waals surface area contributed by atoms with Gasteiger partial charge in [0.15, 0.2) is 0 Å². The normalized spacial score (nSPS) is 15.8. The highest BCUT2D eigenvalue weighted by Crippen LogP contribution is 2.24. The topological polar surface area (TPSA) is 55.7 Å². The third-order valence-electron chi connectivity index (χ3n) is 3.12. The highest BCUT2D eigenvalue weighted by atomic mass is 16.5. The summed E-state index contributed by atoms with van der Waals surface area (Å²) >= 11 is 0. The van der Waals surface area contributed by atoms with Crippen LogP contribution in [-0.4, -0.2) is 18.2 Å². The maximum absolute atomic E-state index is 12.0. The Morgan fingerprint density at radius 2 is 1.94 bits per heavy atom. The van der Waals surface area contributed by atoms with Crippen LogP contribution in [0.5, 0.6) is 0 Å². The van der Waals surface area contributed by atoms with E-state index >= 15 is 0 Å². The monoisotopic (exact) mass is 245 g/mol. The molecule has 1 aromatic carbocycles. The van der Waals surface area contributed by atoms with Gasteiger partial charge in [-0.05, 0) is 37.8 Å². The Hall–Kier alpha value is -1.93. The maximum atomic E-state index is 12.0. The second kappa shape index (κ2) is 6.12. The second-order valence-electron chi connectivity index (χ2n) is 4.39. The number of aliphatic imine (C=N–C) groups is 1. The number of isocyanates is 1. The third kappa shape index (κ3) is 3.05. The minimum atomic E-state index is -0.406. The number of nitrogens with zero attached hydrogens (tertiary/aromatic N) is 1. The lowest BCUT2D eigenvalue weighted by molar-refractivity contribution is 0.0212. The maximum Gasteiger partial charge on any atom is 0.340 e. The van der Waals surface area contributed by atoms with Crippen LogP contribution in [0.2, 0.25) is 0 Å². The summed E-state index contributed by atoms with van der Waals surface area (Å²) in [7, 11) is 0. The molecule has 0 atom stereocenters. The van der Waals surface area contributed by atoms with Crippen molar-refractivity contribution in [3.8, 4) is 0 Å². The van der Waals surface area contributed by atoms with Crippen molar-refractivity contribution in [2.75, 3.05) is 0 Å². The lowest BCUT2D eigenvalue weighted by Crippen LogP contribution is -2.20. The number of carbonyl (C=O) groups is 1. The number of carbonyl (C=O) groups excluding carboxylic acids is 2. The second-order valence-corrected chi connectivity index (χ2v) is 4.39. The van der Waals surface area contributed by atoms with Gasteiger partial charge in [0.25, 0.3) is 0 Å². The molecule has 1 aliphatic rings. The summed E-state index contributed by atoms with van der Waals surface area (Å²) in [5.41, 5.74) is 0.639. The average Bonchev–Trinajstić information content (AvgIpc) is 2.41. The average molecular weight is 245 g/mol. The van der Waals surface area contributed by atoms with E-state index in [9.17, 15) is 9.59 Å². The van der Waals surface area contributed by atoms with Crippen molar-refractivity contribution in [3.63, 3.8) is 0 Å². The zero-order valence-corrected chi connectivity index (χ0v) is 10.1. The van der Waals surface area contributed by atoms with Crippen molar-refractivity contribution >= 4 is 17.7 Å². The van der Waals surface area contributed by atoms with E-state index in [0.29, 0.717) is 11.3 Å². The van der Waals surface area contributed by atoms with Crippen LogP contribution in [-0.2, 0) is 9.53 Å². The Balaban J connectivity index is 2.10. The molecule has 18 heavy (non-hydrogen) atoms. The van der Waals surface area contributed by atoms with Crippen LogP contribution >= 0.6 is 0 Å². The van der Waals surface area contributed by atoms with Crippen molar-refractivity contribution in [1.29, 1.82) is 0 Å². The van der Waals surface area contributed by atoms with E-state index in [2.05, 4.69) is 4.99 Å². The van der Waals surface area contributed by atoms with Crippen LogP contribution in [0.15, 0.2) is 29.3 Å². The molecule has 0 aromatic heterocycles. The zero-order valence-electron chi connectivity index (χ0n) is 10.1. The van der Waals surface area contributed by atoms with Crippen LogP contribution in [0.4, 0.5) is 5.69 Å². The third-order valence-corrected chi connectivity index (χ3v) is 3.12. The molecule has 0 N–H and O–H groups in total. The van der Waals surface area contributed by atoms with Crippen molar-refractivity contribution < 1.29 is 14.3 Å². The molecule has 1 fully saturated rings. The number of benzene rings is 1. The molecule has 0 radical (unpaired) electrons. The molecule has 4 heteroatoms. The van der Waals surface area contributed by atoms with Gasteiger partial charge in [0, 0.05) is 0 Å². The van der Waals surface area contributed by atoms with E-state index < -0.39 is 5.97 Å². The van der Waals surface area contributed by atoms with E-state index in [1.54, 1.807) is 24.3 Å². The molecule has 4 nitrogen and oxygen atoms in total. The molecule has 1 aliphatic carbocycles. The molecule has 0 bridgehead atoms.